The summed E-state index contributed by atoms with van der Waals surface area (Å²) in [6.45, 7) is 0.596. The van der Waals surface area contributed by atoms with Gasteiger partial charge in [-0.1, -0.05) is 48.5 Å². The molecule has 0 saturated carbocycles. The Kier molecular flexibility index (Phi) is 5.73. The largest absolute Gasteiger partial charge is 0.457 e. The van der Waals surface area contributed by atoms with Gasteiger partial charge >= 0.3 is 0 Å². The first-order valence-electron chi connectivity index (χ1n) is 9.41. The van der Waals surface area contributed by atoms with E-state index in [0.29, 0.717) is 6.54 Å². The number of hydrogen-bond acceptors (Lipinski definition) is 3. The van der Waals surface area contributed by atoms with E-state index in [2.05, 4.69) is 0 Å². The van der Waals surface area contributed by atoms with Crippen molar-refractivity contribution in [1.29, 1.82) is 0 Å². The Balaban J connectivity index is 1.43. The molecule has 3 aromatic carbocycles. The lowest BCUT2D eigenvalue weighted by Gasteiger charge is -2.16. The van der Waals surface area contributed by atoms with Crippen molar-refractivity contribution in [3.8, 4) is 21.9 Å². The Morgan fingerprint density at radius 1 is 0.793 bits per heavy atom. The molecule has 4 rings (SSSR count). The lowest BCUT2D eigenvalue weighted by atomic mass is 10.2. The summed E-state index contributed by atoms with van der Waals surface area (Å²) < 4.78 is 5.84. The van der Waals surface area contributed by atoms with Crippen LogP contribution >= 0.6 is 11.3 Å². The van der Waals surface area contributed by atoms with Crippen molar-refractivity contribution in [2.24, 2.45) is 0 Å². The van der Waals surface area contributed by atoms with Crippen LogP contribution in [0.25, 0.3) is 10.4 Å². The van der Waals surface area contributed by atoms with Crippen molar-refractivity contribution in [2.75, 3.05) is 7.05 Å². The number of carbonyl (C=O) groups is 1. The second kappa shape index (κ2) is 8.76. The lowest BCUT2D eigenvalue weighted by molar-refractivity contribution is 0.0790. The Morgan fingerprint density at radius 2 is 1.41 bits per heavy atom. The normalized spacial score (nSPS) is 10.5. The van der Waals surface area contributed by atoms with Crippen LogP contribution < -0.4 is 4.74 Å². The first-order chi connectivity index (χ1) is 14.2. The Bertz CT molecular complexity index is 1070. The number of thiophene rings is 1. The maximum absolute atomic E-state index is 12.8. The number of hydrogen-bond donors (Lipinski definition) is 0. The van der Waals surface area contributed by atoms with Crippen LogP contribution in [0.15, 0.2) is 97.1 Å². The van der Waals surface area contributed by atoms with Crippen LogP contribution in [0, 0.1) is 0 Å². The smallest absolute Gasteiger partial charge is 0.263 e. The van der Waals surface area contributed by atoms with Crippen molar-refractivity contribution in [3.63, 3.8) is 0 Å². The molecule has 144 valence electrons. The molecular formula is C25H21NO2S. The van der Waals surface area contributed by atoms with E-state index in [1.165, 1.54) is 11.3 Å². The molecule has 0 aliphatic rings. The van der Waals surface area contributed by atoms with E-state index < -0.39 is 0 Å². The van der Waals surface area contributed by atoms with Crippen molar-refractivity contribution in [3.05, 3.63) is 108 Å². The van der Waals surface area contributed by atoms with Gasteiger partial charge in [0.2, 0.25) is 0 Å². The second-order valence-electron chi connectivity index (χ2n) is 6.75. The molecule has 0 atom stereocenters. The van der Waals surface area contributed by atoms with Gasteiger partial charge in [-0.15, -0.1) is 11.3 Å². The molecule has 0 unspecified atom stereocenters. The molecule has 0 bridgehead atoms. The maximum Gasteiger partial charge on any atom is 0.263 e. The number of para-hydroxylation sites is 1. The molecule has 1 amide bonds. The zero-order valence-corrected chi connectivity index (χ0v) is 16.9. The fourth-order valence-corrected chi connectivity index (χ4v) is 4.04. The van der Waals surface area contributed by atoms with Gasteiger partial charge in [0, 0.05) is 18.5 Å². The number of amides is 1. The fraction of sp³-hybridized carbons (Fsp3) is 0.0800. The van der Waals surface area contributed by atoms with Crippen LogP contribution in [0.1, 0.15) is 15.2 Å². The van der Waals surface area contributed by atoms with E-state index in [1.807, 2.05) is 104 Å². The first-order valence-corrected chi connectivity index (χ1v) is 10.2. The van der Waals surface area contributed by atoms with Crippen LogP contribution in [0.2, 0.25) is 0 Å². The molecule has 0 aliphatic carbocycles. The van der Waals surface area contributed by atoms with Gasteiger partial charge in [0.15, 0.2) is 0 Å². The SMILES string of the molecule is CN(Cc1ccccc1)C(=O)c1ccc(-c2ccc(Oc3ccccc3)cc2)s1. The summed E-state index contributed by atoms with van der Waals surface area (Å²) in [7, 11) is 1.84. The standard InChI is InChI=1S/C25H21NO2S/c1-26(18-19-8-4-2-5-9-19)25(27)24-17-16-23(29-24)20-12-14-22(15-13-20)28-21-10-6-3-7-11-21/h2-17H,18H2,1H3. The van der Waals surface area contributed by atoms with Crippen LogP contribution in [0.3, 0.4) is 0 Å². The van der Waals surface area contributed by atoms with E-state index in [0.717, 1.165) is 32.4 Å². The average molecular weight is 400 g/mol. The van der Waals surface area contributed by atoms with Gasteiger partial charge in [0.1, 0.15) is 11.5 Å². The third-order valence-electron chi connectivity index (χ3n) is 4.54. The molecule has 29 heavy (non-hydrogen) atoms. The monoisotopic (exact) mass is 399 g/mol. The topological polar surface area (TPSA) is 29.5 Å². The summed E-state index contributed by atoms with van der Waals surface area (Å²) in [4.78, 5) is 16.3. The highest BCUT2D eigenvalue weighted by molar-refractivity contribution is 7.17. The molecule has 4 aromatic rings. The van der Waals surface area contributed by atoms with Gasteiger partial charge in [-0.25, -0.2) is 0 Å². The number of benzene rings is 3. The van der Waals surface area contributed by atoms with Crippen molar-refractivity contribution >= 4 is 17.2 Å². The van der Waals surface area contributed by atoms with Crippen molar-refractivity contribution in [1.82, 2.24) is 4.90 Å². The van der Waals surface area contributed by atoms with E-state index in [-0.39, 0.29) is 5.91 Å². The zero-order chi connectivity index (χ0) is 20.1. The van der Waals surface area contributed by atoms with E-state index in [4.69, 9.17) is 4.74 Å². The summed E-state index contributed by atoms with van der Waals surface area (Å²) in [5.41, 5.74) is 2.19. The third kappa shape index (κ3) is 4.73. The molecule has 4 heteroatoms. The van der Waals surface area contributed by atoms with Crippen molar-refractivity contribution in [2.45, 2.75) is 6.54 Å². The Labute approximate surface area is 174 Å². The van der Waals surface area contributed by atoms with Crippen molar-refractivity contribution < 1.29 is 9.53 Å². The molecule has 1 aromatic heterocycles. The highest BCUT2D eigenvalue weighted by Gasteiger charge is 2.15. The minimum Gasteiger partial charge on any atom is -0.457 e. The molecule has 0 fully saturated rings. The number of rotatable bonds is 6. The summed E-state index contributed by atoms with van der Waals surface area (Å²) in [6, 6.07) is 31.6. The summed E-state index contributed by atoms with van der Waals surface area (Å²) in [5.74, 6) is 1.63. The minimum absolute atomic E-state index is 0.0362. The Hall–Kier alpha value is -3.37. The highest BCUT2D eigenvalue weighted by atomic mass is 32.1. The summed E-state index contributed by atoms with van der Waals surface area (Å²) in [5, 5.41) is 0. The van der Waals surface area contributed by atoms with Crippen LogP contribution in [0.4, 0.5) is 0 Å². The predicted octanol–water partition coefficient (Wildman–Crippen LogP) is 6.48. The third-order valence-corrected chi connectivity index (χ3v) is 5.67. The van der Waals surface area contributed by atoms with Gasteiger partial charge < -0.3 is 9.64 Å². The summed E-state index contributed by atoms with van der Waals surface area (Å²) >= 11 is 1.51. The van der Waals surface area contributed by atoms with Gasteiger partial charge in [-0.2, -0.15) is 0 Å². The van der Waals surface area contributed by atoms with Gasteiger partial charge in [0.25, 0.3) is 5.91 Å². The van der Waals surface area contributed by atoms with Crippen LogP contribution in [-0.4, -0.2) is 17.9 Å². The molecule has 0 aliphatic heterocycles. The maximum atomic E-state index is 12.8. The average Bonchev–Trinajstić information content (AvgIpc) is 3.25. The predicted molar refractivity (Wildman–Crippen MR) is 119 cm³/mol. The van der Waals surface area contributed by atoms with Gasteiger partial charge in [-0.3, -0.25) is 4.79 Å². The number of carbonyl (C=O) groups excluding carboxylic acids is 1. The van der Waals surface area contributed by atoms with E-state index >= 15 is 0 Å². The molecule has 3 nitrogen and oxygen atoms in total. The first kappa shape index (κ1) is 19.0. The summed E-state index contributed by atoms with van der Waals surface area (Å²) in [6.07, 6.45) is 0. The minimum atomic E-state index is 0.0362. The van der Waals surface area contributed by atoms with E-state index in [9.17, 15) is 4.79 Å². The molecule has 0 N–H and O–H groups in total. The molecule has 0 radical (unpaired) electrons. The molecule has 0 saturated heterocycles. The van der Waals surface area contributed by atoms with E-state index in [1.54, 1.807) is 4.90 Å². The van der Waals surface area contributed by atoms with Gasteiger partial charge in [-0.05, 0) is 59.7 Å². The number of nitrogens with zero attached hydrogens (tertiary/aromatic N) is 1. The highest BCUT2D eigenvalue weighted by Crippen LogP contribution is 2.31. The molecule has 0 spiro atoms. The van der Waals surface area contributed by atoms with Crippen LogP contribution in [-0.2, 0) is 6.54 Å². The fourth-order valence-electron chi connectivity index (χ4n) is 3.04. The number of ether oxygens (including phenoxy) is 1. The quantitative estimate of drug-likeness (QED) is 0.371. The van der Waals surface area contributed by atoms with Crippen LogP contribution in [0.5, 0.6) is 11.5 Å². The molecule has 1 heterocycles. The second-order valence-corrected chi connectivity index (χ2v) is 7.83. The van der Waals surface area contributed by atoms with Gasteiger partial charge in [0.05, 0.1) is 4.88 Å². The zero-order valence-electron chi connectivity index (χ0n) is 16.1. The molecular weight excluding hydrogens is 378 g/mol. The Morgan fingerprint density at radius 3 is 2.10 bits per heavy atom. The lowest BCUT2D eigenvalue weighted by Crippen LogP contribution is -2.25.